The number of hydrogen-bond acceptors (Lipinski definition) is 2. The lowest BCUT2D eigenvalue weighted by Crippen LogP contribution is -2.30. The van der Waals surface area contributed by atoms with Crippen molar-refractivity contribution < 1.29 is 9.84 Å². The van der Waals surface area contributed by atoms with Crippen molar-refractivity contribution in [3.8, 4) is 5.75 Å². The predicted octanol–water partition coefficient (Wildman–Crippen LogP) is 3.99. The third-order valence-electron chi connectivity index (χ3n) is 3.22. The van der Waals surface area contributed by atoms with Gasteiger partial charge in [0.1, 0.15) is 5.75 Å². The fourth-order valence-corrected chi connectivity index (χ4v) is 2.59. The van der Waals surface area contributed by atoms with Crippen molar-refractivity contribution in [1.29, 1.82) is 0 Å². The standard InChI is InChI=1S/C17H19BrO2/c1-17(19,11-13-6-8-15(18)9-7-13)12-14-4-3-5-16(10-14)20-2/h3-10,19H,11-12H2,1-2H3. The summed E-state index contributed by atoms with van der Waals surface area (Å²) in [7, 11) is 1.65. The second-order valence-corrected chi connectivity index (χ2v) is 6.24. The Morgan fingerprint density at radius 2 is 1.70 bits per heavy atom. The van der Waals surface area contributed by atoms with E-state index in [2.05, 4.69) is 15.9 Å². The summed E-state index contributed by atoms with van der Waals surface area (Å²) in [4.78, 5) is 0. The van der Waals surface area contributed by atoms with Crippen molar-refractivity contribution >= 4 is 15.9 Å². The molecule has 0 bridgehead atoms. The number of rotatable bonds is 5. The van der Waals surface area contributed by atoms with E-state index in [1.54, 1.807) is 7.11 Å². The van der Waals surface area contributed by atoms with Crippen LogP contribution in [0.1, 0.15) is 18.1 Å². The van der Waals surface area contributed by atoms with Gasteiger partial charge in [0.15, 0.2) is 0 Å². The van der Waals surface area contributed by atoms with Gasteiger partial charge in [-0.3, -0.25) is 0 Å². The van der Waals surface area contributed by atoms with Crippen LogP contribution >= 0.6 is 15.9 Å². The van der Waals surface area contributed by atoms with Gasteiger partial charge in [0, 0.05) is 17.3 Å². The number of halogens is 1. The van der Waals surface area contributed by atoms with Crippen molar-refractivity contribution in [2.45, 2.75) is 25.4 Å². The lowest BCUT2D eigenvalue weighted by Gasteiger charge is -2.24. The maximum absolute atomic E-state index is 10.6. The van der Waals surface area contributed by atoms with Gasteiger partial charge in [0.2, 0.25) is 0 Å². The minimum atomic E-state index is -0.778. The van der Waals surface area contributed by atoms with Crippen LogP contribution in [0.2, 0.25) is 0 Å². The zero-order valence-electron chi connectivity index (χ0n) is 11.8. The van der Waals surface area contributed by atoms with Gasteiger partial charge in [-0.2, -0.15) is 0 Å². The summed E-state index contributed by atoms with van der Waals surface area (Å²) in [5, 5.41) is 10.6. The van der Waals surface area contributed by atoms with Crippen LogP contribution in [0.3, 0.4) is 0 Å². The van der Waals surface area contributed by atoms with Crippen molar-refractivity contribution in [2.75, 3.05) is 7.11 Å². The van der Waals surface area contributed by atoms with Crippen LogP contribution in [0.4, 0.5) is 0 Å². The van der Waals surface area contributed by atoms with Crippen LogP contribution in [-0.2, 0) is 12.8 Å². The highest BCUT2D eigenvalue weighted by Crippen LogP contribution is 2.22. The van der Waals surface area contributed by atoms with E-state index in [1.165, 1.54) is 0 Å². The highest BCUT2D eigenvalue weighted by molar-refractivity contribution is 9.10. The summed E-state index contributed by atoms with van der Waals surface area (Å²) in [5.74, 6) is 0.821. The van der Waals surface area contributed by atoms with E-state index >= 15 is 0 Å². The molecule has 0 saturated heterocycles. The summed E-state index contributed by atoms with van der Waals surface area (Å²) in [6, 6.07) is 15.9. The first-order valence-electron chi connectivity index (χ1n) is 6.58. The molecule has 20 heavy (non-hydrogen) atoms. The molecule has 1 N–H and O–H groups in total. The second-order valence-electron chi connectivity index (χ2n) is 5.33. The van der Waals surface area contributed by atoms with Crippen molar-refractivity contribution in [3.63, 3.8) is 0 Å². The topological polar surface area (TPSA) is 29.5 Å². The van der Waals surface area contributed by atoms with E-state index in [9.17, 15) is 5.11 Å². The van der Waals surface area contributed by atoms with Crippen LogP contribution < -0.4 is 4.74 Å². The van der Waals surface area contributed by atoms with Gasteiger partial charge in [-0.1, -0.05) is 40.2 Å². The quantitative estimate of drug-likeness (QED) is 0.895. The zero-order chi connectivity index (χ0) is 14.6. The third kappa shape index (κ3) is 4.36. The average Bonchev–Trinajstić information content (AvgIpc) is 2.41. The average molecular weight is 335 g/mol. The molecule has 2 nitrogen and oxygen atoms in total. The first-order chi connectivity index (χ1) is 9.48. The minimum Gasteiger partial charge on any atom is -0.497 e. The van der Waals surface area contributed by atoms with Crippen molar-refractivity contribution in [2.24, 2.45) is 0 Å². The lowest BCUT2D eigenvalue weighted by atomic mass is 9.90. The van der Waals surface area contributed by atoms with E-state index < -0.39 is 5.60 Å². The van der Waals surface area contributed by atoms with Gasteiger partial charge in [-0.15, -0.1) is 0 Å². The normalized spacial score (nSPS) is 13.8. The summed E-state index contributed by atoms with van der Waals surface area (Å²) >= 11 is 3.42. The van der Waals surface area contributed by atoms with Crippen LogP contribution in [-0.4, -0.2) is 17.8 Å². The molecular weight excluding hydrogens is 316 g/mol. The summed E-state index contributed by atoms with van der Waals surface area (Å²) in [6.07, 6.45) is 1.22. The summed E-state index contributed by atoms with van der Waals surface area (Å²) in [5.41, 5.74) is 1.42. The molecule has 106 valence electrons. The molecule has 0 saturated carbocycles. The van der Waals surface area contributed by atoms with Crippen molar-refractivity contribution in [3.05, 3.63) is 64.1 Å². The molecule has 0 fully saturated rings. The van der Waals surface area contributed by atoms with Gasteiger partial charge >= 0.3 is 0 Å². The van der Waals surface area contributed by atoms with E-state index in [0.29, 0.717) is 12.8 Å². The van der Waals surface area contributed by atoms with Gasteiger partial charge in [0.25, 0.3) is 0 Å². The Morgan fingerprint density at radius 1 is 1.05 bits per heavy atom. The minimum absolute atomic E-state index is 0.597. The number of hydrogen-bond donors (Lipinski definition) is 1. The lowest BCUT2D eigenvalue weighted by molar-refractivity contribution is 0.0608. The maximum Gasteiger partial charge on any atom is 0.119 e. The molecule has 0 aromatic heterocycles. The van der Waals surface area contributed by atoms with E-state index in [1.807, 2.05) is 55.5 Å². The first-order valence-corrected chi connectivity index (χ1v) is 7.37. The molecule has 0 aliphatic rings. The smallest absolute Gasteiger partial charge is 0.119 e. The van der Waals surface area contributed by atoms with Crippen LogP contribution in [0.25, 0.3) is 0 Å². The molecule has 0 spiro atoms. The van der Waals surface area contributed by atoms with Gasteiger partial charge in [0.05, 0.1) is 12.7 Å². The molecular formula is C17H19BrO2. The zero-order valence-corrected chi connectivity index (χ0v) is 13.4. The van der Waals surface area contributed by atoms with E-state index in [-0.39, 0.29) is 0 Å². The predicted molar refractivity (Wildman–Crippen MR) is 85.2 cm³/mol. The molecule has 1 atom stereocenters. The van der Waals surface area contributed by atoms with Gasteiger partial charge < -0.3 is 9.84 Å². The molecule has 0 radical (unpaired) electrons. The Hall–Kier alpha value is -1.32. The number of ether oxygens (including phenoxy) is 1. The molecule has 2 rings (SSSR count). The number of methoxy groups -OCH3 is 1. The van der Waals surface area contributed by atoms with E-state index in [0.717, 1.165) is 21.3 Å². The monoisotopic (exact) mass is 334 g/mol. The molecule has 1 unspecified atom stereocenters. The highest BCUT2D eigenvalue weighted by atomic mass is 79.9. The molecule has 3 heteroatoms. The van der Waals surface area contributed by atoms with Crippen LogP contribution in [0, 0.1) is 0 Å². The molecule has 0 aliphatic carbocycles. The Balaban J connectivity index is 2.07. The largest absolute Gasteiger partial charge is 0.497 e. The van der Waals surface area contributed by atoms with Crippen LogP contribution in [0.5, 0.6) is 5.75 Å². The second kappa shape index (κ2) is 6.42. The Bertz CT molecular complexity index is 561. The molecule has 0 amide bonds. The van der Waals surface area contributed by atoms with Gasteiger partial charge in [-0.25, -0.2) is 0 Å². The van der Waals surface area contributed by atoms with Gasteiger partial charge in [-0.05, 0) is 42.3 Å². The number of benzene rings is 2. The maximum atomic E-state index is 10.6. The summed E-state index contributed by atoms with van der Waals surface area (Å²) in [6.45, 7) is 1.87. The van der Waals surface area contributed by atoms with Crippen molar-refractivity contribution in [1.82, 2.24) is 0 Å². The SMILES string of the molecule is COc1cccc(CC(C)(O)Cc2ccc(Br)cc2)c1. The Labute approximate surface area is 128 Å². The molecule has 0 heterocycles. The first kappa shape index (κ1) is 15.1. The molecule has 2 aromatic rings. The number of aliphatic hydroxyl groups is 1. The highest BCUT2D eigenvalue weighted by Gasteiger charge is 2.21. The fourth-order valence-electron chi connectivity index (χ4n) is 2.33. The summed E-state index contributed by atoms with van der Waals surface area (Å²) < 4.78 is 6.26. The van der Waals surface area contributed by atoms with Crippen LogP contribution in [0.15, 0.2) is 53.0 Å². The van der Waals surface area contributed by atoms with E-state index in [4.69, 9.17) is 4.74 Å². The Kier molecular flexibility index (Phi) is 4.84. The molecule has 2 aromatic carbocycles. The fraction of sp³-hybridized carbons (Fsp3) is 0.294. The Morgan fingerprint density at radius 3 is 2.35 bits per heavy atom. The molecule has 0 aliphatic heterocycles. The third-order valence-corrected chi connectivity index (χ3v) is 3.75.